The van der Waals surface area contributed by atoms with Gasteiger partial charge in [-0.2, -0.15) is 0 Å². The van der Waals surface area contributed by atoms with Crippen LogP contribution in [0.4, 0.5) is 5.69 Å². The number of hydrogen-bond acceptors (Lipinski definition) is 3. The number of aromatic carboxylic acids is 1. The van der Waals surface area contributed by atoms with Gasteiger partial charge >= 0.3 is 5.97 Å². The fourth-order valence-corrected chi connectivity index (χ4v) is 2.17. The van der Waals surface area contributed by atoms with Gasteiger partial charge in [0.1, 0.15) is 0 Å². The first-order valence-electron chi connectivity index (χ1n) is 5.65. The lowest BCUT2D eigenvalue weighted by Crippen LogP contribution is -2.35. The van der Waals surface area contributed by atoms with Crippen LogP contribution in [0.2, 0.25) is 5.02 Å². The number of nitrogens with one attached hydrogen (secondary N) is 2. The highest BCUT2D eigenvalue weighted by Crippen LogP contribution is 2.21. The number of rotatable bonds is 3. The van der Waals surface area contributed by atoms with Crippen molar-refractivity contribution in [1.29, 1.82) is 0 Å². The lowest BCUT2D eigenvalue weighted by atomic mass is 10.2. The molecule has 0 radical (unpaired) electrons. The van der Waals surface area contributed by atoms with E-state index in [9.17, 15) is 9.59 Å². The van der Waals surface area contributed by atoms with E-state index in [0.717, 1.165) is 19.4 Å². The number of carboxylic acids is 1. The van der Waals surface area contributed by atoms with Crippen molar-refractivity contribution in [2.24, 2.45) is 0 Å². The standard InChI is InChI=1S/C12H13ClN2O3/c13-9-6-7(3-4-8(9)12(17)18)15-11(16)10-2-1-5-14-10/h3-4,6,10,14H,1-2,5H2,(H,15,16)(H,17,18)/t10-/m0/s1. The summed E-state index contributed by atoms with van der Waals surface area (Å²) in [5.74, 6) is -1.21. The molecule has 5 nitrogen and oxygen atoms in total. The van der Waals surface area contributed by atoms with Gasteiger partial charge in [-0.1, -0.05) is 11.6 Å². The number of amides is 1. The van der Waals surface area contributed by atoms with Crippen molar-refractivity contribution >= 4 is 29.2 Å². The Labute approximate surface area is 109 Å². The van der Waals surface area contributed by atoms with Crippen LogP contribution in [0.25, 0.3) is 0 Å². The van der Waals surface area contributed by atoms with Crippen LogP contribution in [0.3, 0.4) is 0 Å². The largest absolute Gasteiger partial charge is 0.478 e. The average molecular weight is 269 g/mol. The van der Waals surface area contributed by atoms with Gasteiger partial charge in [-0.05, 0) is 37.6 Å². The second-order valence-corrected chi connectivity index (χ2v) is 4.55. The molecule has 96 valence electrons. The van der Waals surface area contributed by atoms with E-state index >= 15 is 0 Å². The second kappa shape index (κ2) is 5.37. The molecule has 0 aliphatic carbocycles. The van der Waals surface area contributed by atoms with Crippen molar-refractivity contribution in [3.8, 4) is 0 Å². The molecular formula is C12H13ClN2O3. The molecule has 1 amide bonds. The third-order valence-electron chi connectivity index (χ3n) is 2.84. The Bertz CT molecular complexity index is 484. The van der Waals surface area contributed by atoms with Gasteiger partial charge in [0.25, 0.3) is 0 Å². The molecule has 1 heterocycles. The SMILES string of the molecule is O=C(O)c1ccc(NC(=O)[C@@H]2CCCN2)cc1Cl. The number of hydrogen-bond donors (Lipinski definition) is 3. The molecule has 1 aromatic carbocycles. The van der Waals surface area contributed by atoms with Gasteiger partial charge in [0.2, 0.25) is 5.91 Å². The zero-order chi connectivity index (χ0) is 13.1. The Morgan fingerprint density at radius 1 is 1.44 bits per heavy atom. The fourth-order valence-electron chi connectivity index (χ4n) is 1.90. The molecule has 1 aliphatic heterocycles. The van der Waals surface area contributed by atoms with Crippen LogP contribution >= 0.6 is 11.6 Å². The molecule has 3 N–H and O–H groups in total. The van der Waals surface area contributed by atoms with Crippen molar-refractivity contribution in [2.45, 2.75) is 18.9 Å². The minimum Gasteiger partial charge on any atom is -0.478 e. The molecule has 2 rings (SSSR count). The monoisotopic (exact) mass is 268 g/mol. The maximum absolute atomic E-state index is 11.8. The predicted molar refractivity (Wildman–Crippen MR) is 68.1 cm³/mol. The molecular weight excluding hydrogens is 256 g/mol. The summed E-state index contributed by atoms with van der Waals surface area (Å²) < 4.78 is 0. The number of halogens is 1. The van der Waals surface area contributed by atoms with Crippen molar-refractivity contribution in [3.63, 3.8) is 0 Å². The Kier molecular flexibility index (Phi) is 3.84. The molecule has 0 spiro atoms. The smallest absolute Gasteiger partial charge is 0.337 e. The van der Waals surface area contributed by atoms with Gasteiger partial charge in [-0.3, -0.25) is 4.79 Å². The summed E-state index contributed by atoms with van der Waals surface area (Å²) in [6, 6.07) is 4.17. The molecule has 1 fully saturated rings. The summed E-state index contributed by atoms with van der Waals surface area (Å²) >= 11 is 5.82. The van der Waals surface area contributed by atoms with Crippen LogP contribution in [0.15, 0.2) is 18.2 Å². The summed E-state index contributed by atoms with van der Waals surface area (Å²) in [5.41, 5.74) is 0.525. The summed E-state index contributed by atoms with van der Waals surface area (Å²) in [7, 11) is 0. The third kappa shape index (κ3) is 2.80. The van der Waals surface area contributed by atoms with Crippen molar-refractivity contribution in [1.82, 2.24) is 5.32 Å². The van der Waals surface area contributed by atoms with Crippen LogP contribution in [-0.2, 0) is 4.79 Å². The van der Waals surface area contributed by atoms with Gasteiger partial charge in [-0.15, -0.1) is 0 Å². The van der Waals surface area contributed by atoms with E-state index in [-0.39, 0.29) is 22.5 Å². The number of anilines is 1. The topological polar surface area (TPSA) is 78.4 Å². The molecule has 6 heteroatoms. The van der Waals surface area contributed by atoms with Crippen LogP contribution in [-0.4, -0.2) is 29.6 Å². The molecule has 18 heavy (non-hydrogen) atoms. The first-order valence-corrected chi connectivity index (χ1v) is 6.03. The summed E-state index contributed by atoms with van der Waals surface area (Å²) in [6.45, 7) is 0.844. The molecule has 0 saturated carbocycles. The highest BCUT2D eigenvalue weighted by atomic mass is 35.5. The Hall–Kier alpha value is -1.59. The molecule has 0 unspecified atom stereocenters. The Morgan fingerprint density at radius 3 is 2.78 bits per heavy atom. The van der Waals surface area contributed by atoms with E-state index in [1.165, 1.54) is 18.2 Å². The zero-order valence-corrected chi connectivity index (χ0v) is 10.3. The lowest BCUT2D eigenvalue weighted by Gasteiger charge is -2.11. The van der Waals surface area contributed by atoms with Crippen LogP contribution in [0.1, 0.15) is 23.2 Å². The number of carboxylic acid groups (broad SMARTS) is 1. The van der Waals surface area contributed by atoms with E-state index in [0.29, 0.717) is 5.69 Å². The first kappa shape index (κ1) is 12.9. The minimum atomic E-state index is -1.09. The quantitative estimate of drug-likeness (QED) is 0.780. The second-order valence-electron chi connectivity index (χ2n) is 4.14. The average Bonchev–Trinajstić information content (AvgIpc) is 2.81. The molecule has 0 bridgehead atoms. The molecule has 1 aliphatic rings. The molecule has 1 atom stereocenters. The van der Waals surface area contributed by atoms with Crippen LogP contribution in [0.5, 0.6) is 0 Å². The highest BCUT2D eigenvalue weighted by molar-refractivity contribution is 6.33. The van der Waals surface area contributed by atoms with E-state index in [1.54, 1.807) is 0 Å². The highest BCUT2D eigenvalue weighted by Gasteiger charge is 2.22. The van der Waals surface area contributed by atoms with Crippen molar-refractivity contribution < 1.29 is 14.7 Å². The van der Waals surface area contributed by atoms with Crippen LogP contribution < -0.4 is 10.6 Å². The van der Waals surface area contributed by atoms with E-state index in [4.69, 9.17) is 16.7 Å². The summed E-state index contributed by atoms with van der Waals surface area (Å²) in [5, 5.41) is 14.7. The number of carbonyl (C=O) groups excluding carboxylic acids is 1. The number of carbonyl (C=O) groups is 2. The Balaban J connectivity index is 2.07. The van der Waals surface area contributed by atoms with Gasteiger partial charge in [0.05, 0.1) is 16.6 Å². The molecule has 0 aromatic heterocycles. The van der Waals surface area contributed by atoms with E-state index in [2.05, 4.69) is 10.6 Å². The fraction of sp³-hybridized carbons (Fsp3) is 0.333. The van der Waals surface area contributed by atoms with E-state index in [1.807, 2.05) is 0 Å². The lowest BCUT2D eigenvalue weighted by molar-refractivity contribution is -0.117. The van der Waals surface area contributed by atoms with E-state index < -0.39 is 5.97 Å². The summed E-state index contributed by atoms with van der Waals surface area (Å²) in [6.07, 6.45) is 1.80. The maximum Gasteiger partial charge on any atom is 0.337 e. The molecule has 1 aromatic rings. The van der Waals surface area contributed by atoms with Crippen molar-refractivity contribution in [2.75, 3.05) is 11.9 Å². The Morgan fingerprint density at radius 2 is 2.22 bits per heavy atom. The molecule has 1 saturated heterocycles. The predicted octanol–water partition coefficient (Wildman–Crippen LogP) is 1.73. The third-order valence-corrected chi connectivity index (χ3v) is 3.16. The van der Waals surface area contributed by atoms with Crippen molar-refractivity contribution in [3.05, 3.63) is 28.8 Å². The summed E-state index contributed by atoms with van der Waals surface area (Å²) in [4.78, 5) is 22.6. The van der Waals surface area contributed by atoms with Crippen LogP contribution in [0, 0.1) is 0 Å². The van der Waals surface area contributed by atoms with Gasteiger partial charge in [-0.25, -0.2) is 4.79 Å². The zero-order valence-electron chi connectivity index (χ0n) is 9.57. The van der Waals surface area contributed by atoms with Gasteiger partial charge in [0, 0.05) is 5.69 Å². The normalized spacial score (nSPS) is 18.6. The first-order chi connectivity index (χ1) is 8.58. The minimum absolute atomic E-state index is 0.0219. The van der Waals surface area contributed by atoms with Gasteiger partial charge in [0.15, 0.2) is 0 Å². The van der Waals surface area contributed by atoms with Gasteiger partial charge < -0.3 is 15.7 Å². The number of benzene rings is 1. The maximum atomic E-state index is 11.8.